The lowest BCUT2D eigenvalue weighted by Gasteiger charge is -2.12. The van der Waals surface area contributed by atoms with Crippen LogP contribution in [0, 0.1) is 5.92 Å². The monoisotopic (exact) mass is 315 g/mol. The van der Waals surface area contributed by atoms with Crippen LogP contribution in [0.25, 0.3) is 11.2 Å². The van der Waals surface area contributed by atoms with Gasteiger partial charge < -0.3 is 4.57 Å². The zero-order valence-electron chi connectivity index (χ0n) is 9.95. The third-order valence-electron chi connectivity index (χ3n) is 2.94. The number of hydrogen-bond acceptors (Lipinski definition) is 2. The Morgan fingerprint density at radius 1 is 1.53 bits per heavy atom. The highest BCUT2D eigenvalue weighted by Crippen LogP contribution is 2.21. The summed E-state index contributed by atoms with van der Waals surface area (Å²) in [6.07, 6.45) is 2.94. The molecule has 1 atom stereocenters. The molecule has 0 radical (unpaired) electrons. The average Bonchev–Trinajstić information content (AvgIpc) is 2.66. The largest absolute Gasteiger partial charge is 0.311 e. The van der Waals surface area contributed by atoms with Crippen LogP contribution in [0.1, 0.15) is 26.1 Å². The highest BCUT2D eigenvalue weighted by Gasteiger charge is 2.13. The Hall–Kier alpha value is -0.610. The molecule has 0 bridgehead atoms. The van der Waals surface area contributed by atoms with Gasteiger partial charge in [0.2, 0.25) is 0 Å². The van der Waals surface area contributed by atoms with Crippen molar-refractivity contribution < 1.29 is 0 Å². The van der Waals surface area contributed by atoms with E-state index in [1.54, 1.807) is 6.20 Å². The fourth-order valence-electron chi connectivity index (χ4n) is 1.77. The van der Waals surface area contributed by atoms with Gasteiger partial charge in [0, 0.05) is 17.2 Å². The Kier molecular flexibility index (Phi) is 4.05. The number of alkyl halides is 1. The molecule has 2 aromatic rings. The minimum atomic E-state index is 0.421. The van der Waals surface area contributed by atoms with Crippen LogP contribution >= 0.6 is 27.5 Å². The zero-order chi connectivity index (χ0) is 12.4. The summed E-state index contributed by atoms with van der Waals surface area (Å²) < 4.78 is 3.07. The summed E-state index contributed by atoms with van der Waals surface area (Å²) in [6.45, 7) is 5.33. The summed E-state index contributed by atoms with van der Waals surface area (Å²) in [7, 11) is 0. The fourth-order valence-corrected chi connectivity index (χ4v) is 2.29. The normalized spacial score (nSPS) is 13.2. The van der Waals surface area contributed by atoms with Gasteiger partial charge in [-0.2, -0.15) is 0 Å². The molecule has 0 saturated carbocycles. The van der Waals surface area contributed by atoms with Gasteiger partial charge in [-0.3, -0.25) is 0 Å². The Labute approximate surface area is 114 Å². The van der Waals surface area contributed by atoms with Crippen LogP contribution in [-0.2, 0) is 12.4 Å². The number of fused-ring (bicyclic) bond motifs is 1. The third-order valence-corrected chi connectivity index (χ3v) is 3.61. The minimum absolute atomic E-state index is 0.421. The molecule has 0 aliphatic heterocycles. The van der Waals surface area contributed by atoms with Crippen LogP contribution in [0.2, 0.25) is 0 Å². The first-order chi connectivity index (χ1) is 8.15. The number of imidazole rings is 1. The second kappa shape index (κ2) is 5.36. The predicted octanol–water partition coefficient (Wildman–Crippen LogP) is 3.98. The molecule has 5 heteroatoms. The quantitative estimate of drug-likeness (QED) is 0.799. The predicted molar refractivity (Wildman–Crippen MR) is 74.2 cm³/mol. The average molecular weight is 317 g/mol. The molecule has 2 rings (SSSR count). The summed E-state index contributed by atoms with van der Waals surface area (Å²) in [5, 5.41) is 0. The Balaban J connectivity index is 2.50. The van der Waals surface area contributed by atoms with E-state index in [1.165, 1.54) is 0 Å². The van der Waals surface area contributed by atoms with Gasteiger partial charge in [-0.25, -0.2) is 9.97 Å². The van der Waals surface area contributed by atoms with Crippen LogP contribution in [0.4, 0.5) is 0 Å². The Morgan fingerprint density at radius 2 is 2.29 bits per heavy atom. The van der Waals surface area contributed by atoms with Gasteiger partial charge in [0.05, 0.1) is 5.88 Å². The van der Waals surface area contributed by atoms with Gasteiger partial charge >= 0.3 is 0 Å². The number of aromatic nitrogens is 3. The van der Waals surface area contributed by atoms with Crippen LogP contribution in [0.5, 0.6) is 0 Å². The number of halogens is 2. The second-order valence-electron chi connectivity index (χ2n) is 4.28. The van der Waals surface area contributed by atoms with Crippen molar-refractivity contribution in [2.45, 2.75) is 32.7 Å². The molecule has 0 aliphatic carbocycles. The lowest BCUT2D eigenvalue weighted by Crippen LogP contribution is -2.10. The topological polar surface area (TPSA) is 30.7 Å². The van der Waals surface area contributed by atoms with Gasteiger partial charge in [-0.15, -0.1) is 11.6 Å². The smallest absolute Gasteiger partial charge is 0.160 e. The van der Waals surface area contributed by atoms with Crippen LogP contribution in [0.15, 0.2) is 16.7 Å². The SMILES string of the molecule is CCC(C)Cn1c(CCl)nc2cc(Br)cnc21. The highest BCUT2D eigenvalue weighted by atomic mass is 79.9. The summed E-state index contributed by atoms with van der Waals surface area (Å²) in [6, 6.07) is 1.98. The van der Waals surface area contributed by atoms with Gasteiger partial charge in [-0.1, -0.05) is 20.3 Å². The molecule has 0 aromatic carbocycles. The van der Waals surface area contributed by atoms with Crippen LogP contribution in [0.3, 0.4) is 0 Å². The molecule has 92 valence electrons. The number of pyridine rings is 1. The molecule has 3 nitrogen and oxygen atoms in total. The first-order valence-electron chi connectivity index (χ1n) is 5.72. The maximum Gasteiger partial charge on any atom is 0.160 e. The van der Waals surface area contributed by atoms with E-state index in [9.17, 15) is 0 Å². The molecule has 0 fully saturated rings. The van der Waals surface area contributed by atoms with Crippen molar-refractivity contribution in [3.63, 3.8) is 0 Å². The van der Waals surface area contributed by atoms with Crippen molar-refractivity contribution >= 4 is 38.7 Å². The second-order valence-corrected chi connectivity index (χ2v) is 5.46. The van der Waals surface area contributed by atoms with E-state index < -0.39 is 0 Å². The molecule has 0 amide bonds. The van der Waals surface area contributed by atoms with Crippen molar-refractivity contribution in [3.8, 4) is 0 Å². The molecule has 2 heterocycles. The fraction of sp³-hybridized carbons (Fsp3) is 0.500. The van der Waals surface area contributed by atoms with Gasteiger partial charge in [0.25, 0.3) is 0 Å². The van der Waals surface area contributed by atoms with E-state index in [-0.39, 0.29) is 0 Å². The molecule has 2 aromatic heterocycles. The van der Waals surface area contributed by atoms with Crippen molar-refractivity contribution in [1.29, 1.82) is 0 Å². The summed E-state index contributed by atoms with van der Waals surface area (Å²) in [4.78, 5) is 8.95. The number of nitrogens with zero attached hydrogens (tertiary/aromatic N) is 3. The van der Waals surface area contributed by atoms with Gasteiger partial charge in [0.15, 0.2) is 5.65 Å². The summed E-state index contributed by atoms with van der Waals surface area (Å²) in [5.41, 5.74) is 1.82. The lowest BCUT2D eigenvalue weighted by atomic mass is 10.1. The van der Waals surface area contributed by atoms with Crippen molar-refractivity contribution in [2.75, 3.05) is 0 Å². The van der Waals surface area contributed by atoms with Crippen molar-refractivity contribution in [3.05, 3.63) is 22.6 Å². The molecule has 0 saturated heterocycles. The molecular weight excluding hydrogens is 302 g/mol. The molecule has 0 spiro atoms. The maximum atomic E-state index is 5.95. The number of hydrogen-bond donors (Lipinski definition) is 0. The molecule has 1 unspecified atom stereocenters. The van der Waals surface area contributed by atoms with E-state index in [2.05, 4.69) is 44.3 Å². The number of rotatable bonds is 4. The van der Waals surface area contributed by atoms with E-state index in [4.69, 9.17) is 11.6 Å². The first-order valence-corrected chi connectivity index (χ1v) is 7.05. The molecule has 0 aliphatic rings. The zero-order valence-corrected chi connectivity index (χ0v) is 12.3. The minimum Gasteiger partial charge on any atom is -0.311 e. The maximum absolute atomic E-state index is 5.95. The summed E-state index contributed by atoms with van der Waals surface area (Å²) in [5.74, 6) is 1.91. The van der Waals surface area contributed by atoms with Gasteiger partial charge in [0.1, 0.15) is 11.3 Å². The molecule has 17 heavy (non-hydrogen) atoms. The standard InChI is InChI=1S/C12H15BrClN3/c1-3-8(2)7-17-11(5-14)16-10-4-9(13)6-15-12(10)17/h4,6,8H,3,5,7H2,1-2H3. The van der Waals surface area contributed by atoms with Crippen LogP contribution in [-0.4, -0.2) is 14.5 Å². The highest BCUT2D eigenvalue weighted by molar-refractivity contribution is 9.10. The van der Waals surface area contributed by atoms with E-state index in [0.717, 1.165) is 34.4 Å². The van der Waals surface area contributed by atoms with Gasteiger partial charge in [-0.05, 0) is 27.9 Å². The Bertz CT molecular complexity index is 524. The van der Waals surface area contributed by atoms with E-state index >= 15 is 0 Å². The van der Waals surface area contributed by atoms with E-state index in [0.29, 0.717) is 11.8 Å². The first kappa shape index (κ1) is 12.8. The molecular formula is C12H15BrClN3. The van der Waals surface area contributed by atoms with Crippen molar-refractivity contribution in [2.24, 2.45) is 5.92 Å². The third kappa shape index (κ3) is 2.63. The molecule has 0 N–H and O–H groups in total. The Morgan fingerprint density at radius 3 is 2.94 bits per heavy atom. The van der Waals surface area contributed by atoms with Crippen molar-refractivity contribution in [1.82, 2.24) is 14.5 Å². The van der Waals surface area contributed by atoms with E-state index in [1.807, 2.05) is 6.07 Å². The summed E-state index contributed by atoms with van der Waals surface area (Å²) >= 11 is 9.36. The lowest BCUT2D eigenvalue weighted by molar-refractivity contribution is 0.467. The van der Waals surface area contributed by atoms with Crippen LogP contribution < -0.4 is 0 Å².